The lowest BCUT2D eigenvalue weighted by atomic mass is 10.2. The van der Waals surface area contributed by atoms with Crippen molar-refractivity contribution in [3.05, 3.63) is 64.9 Å². The van der Waals surface area contributed by atoms with E-state index in [1.807, 2.05) is 24.3 Å². The zero-order valence-corrected chi connectivity index (χ0v) is 18.0. The molecule has 2 aromatic carbocycles. The number of hydrogen-bond acceptors (Lipinski definition) is 4. The van der Waals surface area contributed by atoms with E-state index in [0.29, 0.717) is 17.3 Å². The van der Waals surface area contributed by atoms with Gasteiger partial charge in [-0.05, 0) is 42.8 Å². The SMILES string of the molecule is C[C@@H](C(=O)NCCSCc1cccc(Cl)c1)N(c1cccc(F)c1)S(C)(=O)=O. The molecule has 1 N–H and O–H groups in total. The molecule has 152 valence electrons. The molecular formula is C19H22ClFN2O3S2. The average Bonchev–Trinajstić information content (AvgIpc) is 2.60. The van der Waals surface area contributed by atoms with E-state index in [1.165, 1.54) is 25.1 Å². The second-order valence-electron chi connectivity index (χ2n) is 6.19. The summed E-state index contributed by atoms with van der Waals surface area (Å²) in [5.74, 6) is 0.392. The smallest absolute Gasteiger partial charge is 0.243 e. The molecule has 0 aliphatic heterocycles. The molecule has 1 amide bonds. The zero-order valence-electron chi connectivity index (χ0n) is 15.6. The Morgan fingerprint density at radius 3 is 2.61 bits per heavy atom. The van der Waals surface area contributed by atoms with Crippen LogP contribution in [0.25, 0.3) is 0 Å². The van der Waals surface area contributed by atoms with Crippen LogP contribution in [0.3, 0.4) is 0 Å². The number of thioether (sulfide) groups is 1. The minimum absolute atomic E-state index is 0.112. The largest absolute Gasteiger partial charge is 0.353 e. The molecule has 0 radical (unpaired) electrons. The Kier molecular flexibility index (Phi) is 8.15. The first-order valence-electron chi connectivity index (χ1n) is 8.53. The van der Waals surface area contributed by atoms with Crippen LogP contribution in [-0.2, 0) is 20.6 Å². The van der Waals surface area contributed by atoms with Crippen LogP contribution in [0.15, 0.2) is 48.5 Å². The van der Waals surface area contributed by atoms with Gasteiger partial charge in [0.1, 0.15) is 11.9 Å². The molecule has 2 rings (SSSR count). The highest BCUT2D eigenvalue weighted by Crippen LogP contribution is 2.22. The lowest BCUT2D eigenvalue weighted by Crippen LogP contribution is -2.48. The molecule has 0 spiro atoms. The Bertz CT molecular complexity index is 925. The van der Waals surface area contributed by atoms with E-state index < -0.39 is 27.8 Å². The van der Waals surface area contributed by atoms with Crippen molar-refractivity contribution in [3.8, 4) is 0 Å². The highest BCUT2D eigenvalue weighted by atomic mass is 35.5. The molecule has 0 aliphatic carbocycles. The minimum Gasteiger partial charge on any atom is -0.353 e. The predicted octanol–water partition coefficient (Wildman–Crippen LogP) is 3.68. The molecule has 2 aromatic rings. The van der Waals surface area contributed by atoms with Gasteiger partial charge in [0.2, 0.25) is 15.9 Å². The van der Waals surface area contributed by atoms with Crippen LogP contribution < -0.4 is 9.62 Å². The summed E-state index contributed by atoms with van der Waals surface area (Å²) in [4.78, 5) is 12.4. The fourth-order valence-corrected chi connectivity index (χ4v) is 4.82. The lowest BCUT2D eigenvalue weighted by Gasteiger charge is -2.28. The van der Waals surface area contributed by atoms with E-state index in [9.17, 15) is 17.6 Å². The molecule has 0 fully saturated rings. The summed E-state index contributed by atoms with van der Waals surface area (Å²) < 4.78 is 38.7. The summed E-state index contributed by atoms with van der Waals surface area (Å²) in [6.45, 7) is 1.86. The Labute approximate surface area is 174 Å². The molecule has 28 heavy (non-hydrogen) atoms. The number of benzene rings is 2. The monoisotopic (exact) mass is 444 g/mol. The topological polar surface area (TPSA) is 66.5 Å². The van der Waals surface area contributed by atoms with Crippen molar-refractivity contribution in [1.82, 2.24) is 5.32 Å². The van der Waals surface area contributed by atoms with Gasteiger partial charge >= 0.3 is 0 Å². The van der Waals surface area contributed by atoms with Crippen molar-refractivity contribution in [2.45, 2.75) is 18.7 Å². The number of halogens is 2. The van der Waals surface area contributed by atoms with Crippen molar-refractivity contribution >= 4 is 45.0 Å². The molecule has 0 heterocycles. The lowest BCUT2D eigenvalue weighted by molar-refractivity contribution is -0.121. The number of hydrogen-bond donors (Lipinski definition) is 1. The molecule has 0 aliphatic rings. The van der Waals surface area contributed by atoms with Crippen LogP contribution in [0.4, 0.5) is 10.1 Å². The predicted molar refractivity (Wildman–Crippen MR) is 114 cm³/mol. The second kappa shape index (κ2) is 10.1. The van der Waals surface area contributed by atoms with Crippen molar-refractivity contribution in [3.63, 3.8) is 0 Å². The fourth-order valence-electron chi connectivity index (χ4n) is 2.63. The summed E-state index contributed by atoms with van der Waals surface area (Å²) >= 11 is 7.57. The number of anilines is 1. The van der Waals surface area contributed by atoms with Crippen LogP contribution >= 0.6 is 23.4 Å². The Hall–Kier alpha value is -1.77. The molecule has 1 atom stereocenters. The molecule has 0 saturated heterocycles. The van der Waals surface area contributed by atoms with Crippen molar-refractivity contribution in [2.75, 3.05) is 22.9 Å². The number of nitrogens with one attached hydrogen (secondary N) is 1. The summed E-state index contributed by atoms with van der Waals surface area (Å²) in [5.41, 5.74) is 1.20. The number of carbonyl (C=O) groups excluding carboxylic acids is 1. The zero-order chi connectivity index (χ0) is 20.7. The van der Waals surface area contributed by atoms with Crippen LogP contribution in [0.2, 0.25) is 5.02 Å². The molecule has 9 heteroatoms. The first-order chi connectivity index (χ1) is 13.2. The maximum atomic E-state index is 13.5. The van der Waals surface area contributed by atoms with Crippen molar-refractivity contribution in [1.29, 1.82) is 0 Å². The first-order valence-corrected chi connectivity index (χ1v) is 11.9. The molecular weight excluding hydrogens is 423 g/mol. The van der Waals surface area contributed by atoms with Gasteiger partial charge in [0.15, 0.2) is 0 Å². The van der Waals surface area contributed by atoms with Gasteiger partial charge in [-0.15, -0.1) is 0 Å². The number of carbonyl (C=O) groups is 1. The van der Waals surface area contributed by atoms with Crippen molar-refractivity contribution in [2.24, 2.45) is 0 Å². The molecule has 0 saturated carbocycles. The third-order valence-electron chi connectivity index (χ3n) is 3.85. The fraction of sp³-hybridized carbons (Fsp3) is 0.316. The standard InChI is InChI=1S/C19H22ClFN2O3S2/c1-14(23(28(2,25)26)18-8-4-7-17(21)12-18)19(24)22-9-10-27-13-15-5-3-6-16(20)11-15/h3-8,11-12,14H,9-10,13H2,1-2H3,(H,22,24)/t14-/m0/s1. The van der Waals surface area contributed by atoms with Gasteiger partial charge in [0, 0.05) is 23.1 Å². The van der Waals surface area contributed by atoms with Gasteiger partial charge < -0.3 is 5.32 Å². The minimum atomic E-state index is -3.77. The van der Waals surface area contributed by atoms with Crippen molar-refractivity contribution < 1.29 is 17.6 Å². The third-order valence-corrected chi connectivity index (χ3v) is 6.36. The molecule has 0 unspecified atom stereocenters. The Balaban J connectivity index is 1.90. The Morgan fingerprint density at radius 2 is 1.96 bits per heavy atom. The number of nitrogens with zero attached hydrogens (tertiary/aromatic N) is 1. The van der Waals surface area contributed by atoms with Crippen LogP contribution in [0.5, 0.6) is 0 Å². The van der Waals surface area contributed by atoms with E-state index in [2.05, 4.69) is 5.32 Å². The molecule has 0 aromatic heterocycles. The van der Waals surface area contributed by atoms with E-state index in [4.69, 9.17) is 11.6 Å². The summed E-state index contributed by atoms with van der Waals surface area (Å²) in [6.07, 6.45) is 0.989. The van der Waals surface area contributed by atoms with Gasteiger partial charge in [-0.2, -0.15) is 11.8 Å². The normalized spacial score (nSPS) is 12.4. The maximum absolute atomic E-state index is 13.5. The average molecular weight is 445 g/mol. The van der Waals surface area contributed by atoms with Gasteiger partial charge in [-0.3, -0.25) is 9.10 Å². The Morgan fingerprint density at radius 1 is 1.25 bits per heavy atom. The van der Waals surface area contributed by atoms with E-state index in [0.717, 1.165) is 27.9 Å². The molecule has 5 nitrogen and oxygen atoms in total. The number of sulfonamides is 1. The first kappa shape index (κ1) is 22.5. The summed E-state index contributed by atoms with van der Waals surface area (Å²) in [6, 6.07) is 11.7. The van der Waals surface area contributed by atoms with Crippen LogP contribution in [0, 0.1) is 5.82 Å². The van der Waals surface area contributed by atoms with Gasteiger partial charge in [0.05, 0.1) is 11.9 Å². The quantitative estimate of drug-likeness (QED) is 0.599. The van der Waals surface area contributed by atoms with Gasteiger partial charge in [-0.1, -0.05) is 29.8 Å². The van der Waals surface area contributed by atoms with Gasteiger partial charge in [-0.25, -0.2) is 12.8 Å². The summed E-state index contributed by atoms with van der Waals surface area (Å²) in [7, 11) is -3.77. The highest BCUT2D eigenvalue weighted by Gasteiger charge is 2.29. The third kappa shape index (κ3) is 6.68. The number of amides is 1. The van der Waals surface area contributed by atoms with Crippen LogP contribution in [-0.4, -0.2) is 38.9 Å². The number of rotatable bonds is 9. The highest BCUT2D eigenvalue weighted by molar-refractivity contribution is 7.98. The van der Waals surface area contributed by atoms with E-state index >= 15 is 0 Å². The molecule has 0 bridgehead atoms. The van der Waals surface area contributed by atoms with E-state index in [-0.39, 0.29) is 5.69 Å². The summed E-state index contributed by atoms with van der Waals surface area (Å²) in [5, 5.41) is 3.41. The van der Waals surface area contributed by atoms with Crippen LogP contribution in [0.1, 0.15) is 12.5 Å². The second-order valence-corrected chi connectivity index (χ2v) is 9.59. The van der Waals surface area contributed by atoms with E-state index in [1.54, 1.807) is 11.8 Å². The maximum Gasteiger partial charge on any atom is 0.243 e. The van der Waals surface area contributed by atoms with Gasteiger partial charge in [0.25, 0.3) is 0 Å².